The minimum Gasteiger partial charge on any atom is -0.492 e. The van der Waals surface area contributed by atoms with E-state index >= 15 is 0 Å². The van der Waals surface area contributed by atoms with E-state index in [-0.39, 0.29) is 16.4 Å². The summed E-state index contributed by atoms with van der Waals surface area (Å²) in [6.07, 6.45) is 1.33. The lowest BCUT2D eigenvalue weighted by Gasteiger charge is -2.25. The maximum Gasteiger partial charge on any atom is 0.264 e. The van der Waals surface area contributed by atoms with Crippen molar-refractivity contribution in [1.82, 2.24) is 5.43 Å². The lowest BCUT2D eigenvalue weighted by atomic mass is 10.2. The van der Waals surface area contributed by atoms with Gasteiger partial charge in [-0.1, -0.05) is 42.5 Å². The molecule has 0 spiro atoms. The van der Waals surface area contributed by atoms with Gasteiger partial charge in [0, 0.05) is 0 Å². The Morgan fingerprint density at radius 3 is 2.38 bits per heavy atom. The van der Waals surface area contributed by atoms with Crippen molar-refractivity contribution in [3.05, 3.63) is 90.2 Å². The smallest absolute Gasteiger partial charge is 0.264 e. The highest BCUT2D eigenvalue weighted by molar-refractivity contribution is 7.92. The summed E-state index contributed by atoms with van der Waals surface area (Å²) in [7, 11) is -4.07. The standard InChI is InChI=1S/C23H22FN3O4S/c1-2-31-22-11-7-6-10-21(22)27(32(29,30)20-8-4-3-5-9-20)17-23(28)26-25-16-18-12-14-19(24)15-13-18/h3-16H,2,17H2,1H3,(H,26,28)/b25-16-. The molecule has 0 aliphatic carbocycles. The molecule has 0 saturated carbocycles. The van der Waals surface area contributed by atoms with E-state index in [0.717, 1.165) is 4.31 Å². The Balaban J connectivity index is 1.88. The number of rotatable bonds is 9. The molecule has 3 aromatic carbocycles. The maximum atomic E-state index is 13.4. The predicted octanol–water partition coefficient (Wildman–Crippen LogP) is 3.57. The van der Waals surface area contributed by atoms with Crippen LogP contribution in [-0.2, 0) is 14.8 Å². The van der Waals surface area contributed by atoms with E-state index in [1.54, 1.807) is 49.4 Å². The Morgan fingerprint density at radius 1 is 1.03 bits per heavy atom. The van der Waals surface area contributed by atoms with Crippen molar-refractivity contribution in [1.29, 1.82) is 0 Å². The molecule has 166 valence electrons. The van der Waals surface area contributed by atoms with Gasteiger partial charge in [0.15, 0.2) is 0 Å². The van der Waals surface area contributed by atoms with Crippen LogP contribution in [0.2, 0.25) is 0 Å². The zero-order valence-electron chi connectivity index (χ0n) is 17.3. The first-order valence-electron chi connectivity index (χ1n) is 9.79. The zero-order chi connectivity index (χ0) is 23.0. The summed E-state index contributed by atoms with van der Waals surface area (Å²) in [6.45, 7) is 1.58. The number of nitrogens with zero attached hydrogens (tertiary/aromatic N) is 2. The summed E-state index contributed by atoms with van der Waals surface area (Å²) < 4.78 is 46.3. The van der Waals surface area contributed by atoms with Gasteiger partial charge in [0.1, 0.15) is 18.1 Å². The number of para-hydroxylation sites is 2. The molecule has 7 nitrogen and oxygen atoms in total. The number of hydrazone groups is 1. The Kier molecular flexibility index (Phi) is 7.56. The van der Waals surface area contributed by atoms with Crippen LogP contribution in [0.1, 0.15) is 12.5 Å². The number of ether oxygens (including phenoxy) is 1. The van der Waals surface area contributed by atoms with Gasteiger partial charge < -0.3 is 4.74 Å². The van der Waals surface area contributed by atoms with Gasteiger partial charge in [-0.2, -0.15) is 5.10 Å². The van der Waals surface area contributed by atoms with E-state index in [0.29, 0.717) is 17.9 Å². The SMILES string of the molecule is CCOc1ccccc1N(CC(=O)N/N=C\c1ccc(F)cc1)S(=O)(=O)c1ccccc1. The number of hydrogen-bond acceptors (Lipinski definition) is 5. The fourth-order valence-electron chi connectivity index (χ4n) is 2.85. The van der Waals surface area contributed by atoms with E-state index in [9.17, 15) is 17.6 Å². The number of benzene rings is 3. The van der Waals surface area contributed by atoms with Gasteiger partial charge in [-0.3, -0.25) is 9.10 Å². The van der Waals surface area contributed by atoms with Crippen LogP contribution in [0.15, 0.2) is 88.9 Å². The van der Waals surface area contributed by atoms with Crippen molar-refractivity contribution < 1.29 is 22.3 Å². The highest BCUT2D eigenvalue weighted by Crippen LogP contribution is 2.32. The third-order valence-electron chi connectivity index (χ3n) is 4.33. The number of hydrogen-bond donors (Lipinski definition) is 1. The Labute approximate surface area is 186 Å². The Hall–Kier alpha value is -3.72. The van der Waals surface area contributed by atoms with E-state index in [4.69, 9.17) is 4.74 Å². The van der Waals surface area contributed by atoms with Crippen LogP contribution in [0.3, 0.4) is 0 Å². The third kappa shape index (κ3) is 5.70. The van der Waals surface area contributed by atoms with Gasteiger partial charge in [0.2, 0.25) is 0 Å². The van der Waals surface area contributed by atoms with E-state index in [1.807, 2.05) is 0 Å². The lowest BCUT2D eigenvalue weighted by molar-refractivity contribution is -0.119. The molecule has 0 unspecified atom stereocenters. The van der Waals surface area contributed by atoms with Crippen LogP contribution >= 0.6 is 0 Å². The number of halogens is 1. The average molecular weight is 456 g/mol. The summed E-state index contributed by atoms with van der Waals surface area (Å²) >= 11 is 0. The summed E-state index contributed by atoms with van der Waals surface area (Å²) in [6, 6.07) is 19.9. The molecule has 0 radical (unpaired) electrons. The molecule has 1 amide bonds. The van der Waals surface area contributed by atoms with E-state index < -0.39 is 22.5 Å². The molecule has 32 heavy (non-hydrogen) atoms. The summed E-state index contributed by atoms with van der Waals surface area (Å²) in [5.74, 6) is -0.716. The number of sulfonamides is 1. The number of amides is 1. The molecule has 0 atom stereocenters. The van der Waals surface area contributed by atoms with Gasteiger partial charge in [0.05, 0.1) is 23.4 Å². The van der Waals surface area contributed by atoms with Crippen LogP contribution in [0.4, 0.5) is 10.1 Å². The van der Waals surface area contributed by atoms with Crippen molar-refractivity contribution in [3.63, 3.8) is 0 Å². The van der Waals surface area contributed by atoms with Crippen molar-refractivity contribution in [2.45, 2.75) is 11.8 Å². The molecule has 0 bridgehead atoms. The van der Waals surface area contributed by atoms with Crippen molar-refractivity contribution in [2.75, 3.05) is 17.5 Å². The second-order valence-corrected chi connectivity index (χ2v) is 8.43. The topological polar surface area (TPSA) is 88.1 Å². The van der Waals surface area contributed by atoms with Crippen LogP contribution in [0.5, 0.6) is 5.75 Å². The normalized spacial score (nSPS) is 11.3. The fraction of sp³-hybridized carbons (Fsp3) is 0.130. The molecular formula is C23H22FN3O4S. The lowest BCUT2D eigenvalue weighted by Crippen LogP contribution is -2.39. The van der Waals surface area contributed by atoms with Gasteiger partial charge in [-0.25, -0.2) is 18.2 Å². The highest BCUT2D eigenvalue weighted by atomic mass is 32.2. The van der Waals surface area contributed by atoms with Gasteiger partial charge >= 0.3 is 0 Å². The van der Waals surface area contributed by atoms with Gasteiger partial charge in [-0.05, 0) is 48.9 Å². The maximum absolute atomic E-state index is 13.4. The van der Waals surface area contributed by atoms with Crippen molar-refractivity contribution in [2.24, 2.45) is 5.10 Å². The van der Waals surface area contributed by atoms with Crippen LogP contribution in [-0.4, -0.2) is 33.7 Å². The number of nitrogens with one attached hydrogen (secondary N) is 1. The van der Waals surface area contributed by atoms with E-state index in [2.05, 4.69) is 10.5 Å². The number of anilines is 1. The summed E-state index contributed by atoms with van der Waals surface area (Å²) in [5.41, 5.74) is 3.11. The second kappa shape index (κ2) is 10.5. The predicted molar refractivity (Wildman–Crippen MR) is 121 cm³/mol. The quantitative estimate of drug-likeness (QED) is 0.395. The molecule has 9 heteroatoms. The minimum absolute atomic E-state index is 0.0360. The zero-order valence-corrected chi connectivity index (χ0v) is 18.1. The number of carbonyl (C=O) groups is 1. The van der Waals surface area contributed by atoms with Crippen LogP contribution in [0, 0.1) is 5.82 Å². The first-order valence-corrected chi connectivity index (χ1v) is 11.2. The van der Waals surface area contributed by atoms with Crippen molar-refractivity contribution >= 4 is 27.8 Å². The number of carbonyl (C=O) groups excluding carboxylic acids is 1. The molecule has 0 heterocycles. The average Bonchev–Trinajstić information content (AvgIpc) is 2.80. The Morgan fingerprint density at radius 2 is 1.69 bits per heavy atom. The van der Waals surface area contributed by atoms with Crippen LogP contribution < -0.4 is 14.5 Å². The second-order valence-electron chi connectivity index (χ2n) is 6.57. The molecule has 3 rings (SSSR count). The Bertz CT molecular complexity index is 1180. The van der Waals surface area contributed by atoms with Gasteiger partial charge in [0.25, 0.3) is 15.9 Å². The highest BCUT2D eigenvalue weighted by Gasteiger charge is 2.29. The summed E-state index contributed by atoms with van der Waals surface area (Å²) in [5, 5.41) is 3.83. The molecular weight excluding hydrogens is 433 g/mol. The molecule has 0 fully saturated rings. The first-order chi connectivity index (χ1) is 15.4. The minimum atomic E-state index is -4.07. The molecule has 0 aliphatic rings. The molecule has 1 N–H and O–H groups in total. The largest absolute Gasteiger partial charge is 0.492 e. The summed E-state index contributed by atoms with van der Waals surface area (Å²) in [4.78, 5) is 12.6. The monoisotopic (exact) mass is 455 g/mol. The van der Waals surface area contributed by atoms with Crippen LogP contribution in [0.25, 0.3) is 0 Å². The van der Waals surface area contributed by atoms with Crippen molar-refractivity contribution in [3.8, 4) is 5.75 Å². The molecule has 3 aromatic rings. The fourth-order valence-corrected chi connectivity index (χ4v) is 4.31. The third-order valence-corrected chi connectivity index (χ3v) is 6.10. The van der Waals surface area contributed by atoms with Gasteiger partial charge in [-0.15, -0.1) is 0 Å². The first kappa shape index (κ1) is 23.0. The van der Waals surface area contributed by atoms with E-state index in [1.165, 1.54) is 42.6 Å². The molecule has 0 aromatic heterocycles. The molecule has 0 aliphatic heterocycles. The molecule has 0 saturated heterocycles.